The highest BCUT2D eigenvalue weighted by molar-refractivity contribution is 5.84. The molecule has 0 aliphatic heterocycles. The first-order valence-electron chi connectivity index (χ1n) is 7.81. The van der Waals surface area contributed by atoms with E-state index in [1.54, 1.807) is 0 Å². The molecule has 1 aliphatic rings. The Morgan fingerprint density at radius 3 is 2.52 bits per heavy atom. The molecule has 1 heterocycles. The summed E-state index contributed by atoms with van der Waals surface area (Å²) in [6.45, 7) is 4.32. The maximum Gasteiger partial charge on any atom is 0.139 e. The van der Waals surface area contributed by atoms with Crippen molar-refractivity contribution in [1.29, 1.82) is 0 Å². The van der Waals surface area contributed by atoms with Gasteiger partial charge in [-0.2, -0.15) is 0 Å². The van der Waals surface area contributed by atoms with Crippen molar-refractivity contribution in [2.45, 2.75) is 39.5 Å². The second kappa shape index (κ2) is 4.73. The van der Waals surface area contributed by atoms with E-state index in [1.807, 2.05) is 0 Å². The minimum absolute atomic E-state index is 1.01. The molecule has 1 N–H and O–H groups in total. The van der Waals surface area contributed by atoms with E-state index in [9.17, 15) is 0 Å². The summed E-state index contributed by atoms with van der Waals surface area (Å²) in [6, 6.07) is 10.9. The summed E-state index contributed by atoms with van der Waals surface area (Å²) >= 11 is 0. The van der Waals surface area contributed by atoms with E-state index in [2.05, 4.69) is 49.2 Å². The number of aromatic nitrogens is 2. The summed E-state index contributed by atoms with van der Waals surface area (Å²) in [4.78, 5) is 8.49. The van der Waals surface area contributed by atoms with E-state index in [0.29, 0.717) is 0 Å². The van der Waals surface area contributed by atoms with Crippen LogP contribution in [0.15, 0.2) is 30.3 Å². The second-order valence-electron chi connectivity index (χ2n) is 6.16. The average molecular weight is 276 g/mol. The van der Waals surface area contributed by atoms with Crippen LogP contribution in [0.4, 0.5) is 0 Å². The van der Waals surface area contributed by atoms with Crippen molar-refractivity contribution in [2.24, 2.45) is 0 Å². The molecule has 0 amide bonds. The van der Waals surface area contributed by atoms with Crippen molar-refractivity contribution in [2.75, 3.05) is 0 Å². The van der Waals surface area contributed by atoms with Gasteiger partial charge in [-0.25, -0.2) is 4.98 Å². The summed E-state index contributed by atoms with van der Waals surface area (Å²) in [6.07, 6.45) is 4.98. The van der Waals surface area contributed by atoms with Crippen LogP contribution in [0.2, 0.25) is 0 Å². The lowest BCUT2D eigenvalue weighted by atomic mass is 9.91. The third-order valence-electron chi connectivity index (χ3n) is 4.70. The molecule has 2 heteroatoms. The Labute approximate surface area is 125 Å². The molecule has 0 radical (unpaired) electrons. The Balaban J connectivity index is 1.96. The van der Waals surface area contributed by atoms with Crippen molar-refractivity contribution in [3.63, 3.8) is 0 Å². The van der Waals surface area contributed by atoms with Gasteiger partial charge in [0.05, 0.1) is 11.0 Å². The Bertz CT molecular complexity index is 807. The summed E-state index contributed by atoms with van der Waals surface area (Å²) in [5.41, 5.74) is 9.13. The normalized spacial score (nSPS) is 14.4. The largest absolute Gasteiger partial charge is 0.338 e. The van der Waals surface area contributed by atoms with Crippen molar-refractivity contribution in [3.8, 4) is 11.4 Å². The van der Waals surface area contributed by atoms with E-state index in [4.69, 9.17) is 4.98 Å². The third-order valence-corrected chi connectivity index (χ3v) is 4.70. The molecule has 0 fully saturated rings. The molecule has 21 heavy (non-hydrogen) atoms. The van der Waals surface area contributed by atoms with Gasteiger partial charge in [0, 0.05) is 5.56 Å². The molecular formula is C19H20N2. The number of aryl methyl sites for hydroxylation is 4. The van der Waals surface area contributed by atoms with Crippen LogP contribution < -0.4 is 0 Å². The fourth-order valence-electron chi connectivity index (χ4n) is 3.61. The van der Waals surface area contributed by atoms with E-state index in [0.717, 1.165) is 5.82 Å². The van der Waals surface area contributed by atoms with Crippen LogP contribution in [-0.2, 0) is 12.8 Å². The van der Waals surface area contributed by atoms with E-state index < -0.39 is 0 Å². The number of imidazole rings is 1. The Hall–Kier alpha value is -2.09. The third kappa shape index (κ3) is 1.98. The fourth-order valence-corrected chi connectivity index (χ4v) is 3.61. The predicted octanol–water partition coefficient (Wildman–Crippen LogP) is 4.73. The predicted molar refractivity (Wildman–Crippen MR) is 87.6 cm³/mol. The highest BCUT2D eigenvalue weighted by Crippen LogP contribution is 2.31. The number of hydrogen-bond donors (Lipinski definition) is 1. The molecule has 1 aliphatic carbocycles. The molecule has 1 aromatic heterocycles. The summed E-state index contributed by atoms with van der Waals surface area (Å²) < 4.78 is 0. The van der Waals surface area contributed by atoms with Gasteiger partial charge in [-0.1, -0.05) is 24.3 Å². The number of nitrogens with one attached hydrogen (secondary N) is 1. The minimum atomic E-state index is 1.01. The van der Waals surface area contributed by atoms with Crippen molar-refractivity contribution in [3.05, 3.63) is 52.6 Å². The zero-order chi connectivity index (χ0) is 14.4. The van der Waals surface area contributed by atoms with E-state index >= 15 is 0 Å². The standard InChI is InChI=1S/C19H20N2/c1-12-6-5-7-13(2)17(12)19-20-16-11-10-14-8-3-4-9-15(14)18(16)21-19/h5-7,10-11H,3-4,8-9H2,1-2H3,(H,20,21). The number of benzene rings is 2. The zero-order valence-corrected chi connectivity index (χ0v) is 12.7. The molecular weight excluding hydrogens is 256 g/mol. The molecule has 0 bridgehead atoms. The molecule has 2 aromatic carbocycles. The molecule has 0 saturated carbocycles. The van der Waals surface area contributed by atoms with Crippen LogP contribution in [0, 0.1) is 13.8 Å². The Morgan fingerprint density at radius 1 is 0.952 bits per heavy atom. The fraction of sp³-hybridized carbons (Fsp3) is 0.316. The summed E-state index contributed by atoms with van der Waals surface area (Å²) in [5, 5.41) is 0. The van der Waals surface area contributed by atoms with Gasteiger partial charge < -0.3 is 4.98 Å². The first kappa shape index (κ1) is 12.6. The average Bonchev–Trinajstić information content (AvgIpc) is 2.91. The van der Waals surface area contributed by atoms with Gasteiger partial charge in [0.15, 0.2) is 0 Å². The van der Waals surface area contributed by atoms with Gasteiger partial charge in [-0.3, -0.25) is 0 Å². The zero-order valence-electron chi connectivity index (χ0n) is 12.7. The molecule has 106 valence electrons. The lowest BCUT2D eigenvalue weighted by Gasteiger charge is -2.15. The van der Waals surface area contributed by atoms with E-state index in [-0.39, 0.29) is 0 Å². The highest BCUT2D eigenvalue weighted by atomic mass is 14.9. The van der Waals surface area contributed by atoms with Gasteiger partial charge >= 0.3 is 0 Å². The number of aromatic amines is 1. The molecule has 0 unspecified atom stereocenters. The van der Waals surface area contributed by atoms with Crippen LogP contribution in [0.25, 0.3) is 22.4 Å². The number of nitrogens with zero attached hydrogens (tertiary/aromatic N) is 1. The van der Waals surface area contributed by atoms with Crippen LogP contribution >= 0.6 is 0 Å². The lowest BCUT2D eigenvalue weighted by Crippen LogP contribution is -2.02. The summed E-state index contributed by atoms with van der Waals surface area (Å²) in [7, 11) is 0. The van der Waals surface area contributed by atoms with Crippen molar-refractivity contribution < 1.29 is 0 Å². The highest BCUT2D eigenvalue weighted by Gasteiger charge is 2.17. The molecule has 0 atom stereocenters. The summed E-state index contributed by atoms with van der Waals surface area (Å²) in [5.74, 6) is 1.01. The van der Waals surface area contributed by atoms with Crippen LogP contribution in [0.5, 0.6) is 0 Å². The van der Waals surface area contributed by atoms with E-state index in [1.165, 1.54) is 64.5 Å². The minimum Gasteiger partial charge on any atom is -0.338 e. The van der Waals surface area contributed by atoms with Crippen LogP contribution in [-0.4, -0.2) is 9.97 Å². The quantitative estimate of drug-likeness (QED) is 0.684. The van der Waals surface area contributed by atoms with Gasteiger partial charge in [0.25, 0.3) is 0 Å². The van der Waals surface area contributed by atoms with Gasteiger partial charge in [0.2, 0.25) is 0 Å². The van der Waals surface area contributed by atoms with Crippen molar-refractivity contribution in [1.82, 2.24) is 9.97 Å². The molecule has 4 rings (SSSR count). The number of H-pyrrole nitrogens is 1. The first-order valence-corrected chi connectivity index (χ1v) is 7.81. The second-order valence-corrected chi connectivity index (χ2v) is 6.16. The van der Waals surface area contributed by atoms with Crippen molar-refractivity contribution >= 4 is 11.0 Å². The Kier molecular flexibility index (Phi) is 2.85. The number of hydrogen-bond acceptors (Lipinski definition) is 1. The van der Waals surface area contributed by atoms with Gasteiger partial charge in [-0.05, 0) is 67.9 Å². The Morgan fingerprint density at radius 2 is 1.71 bits per heavy atom. The van der Waals surface area contributed by atoms with Crippen LogP contribution in [0.3, 0.4) is 0 Å². The molecule has 0 saturated heterocycles. The number of rotatable bonds is 1. The monoisotopic (exact) mass is 276 g/mol. The smallest absolute Gasteiger partial charge is 0.139 e. The first-order chi connectivity index (χ1) is 10.2. The number of fused-ring (bicyclic) bond motifs is 3. The SMILES string of the molecule is Cc1cccc(C)c1-c1nc2c3c(ccc2[nH]1)CCCC3. The maximum absolute atomic E-state index is 4.96. The molecule has 3 aromatic rings. The molecule has 0 spiro atoms. The molecule has 2 nitrogen and oxygen atoms in total. The van der Waals surface area contributed by atoms with Gasteiger partial charge in [-0.15, -0.1) is 0 Å². The lowest BCUT2D eigenvalue weighted by molar-refractivity contribution is 0.689. The van der Waals surface area contributed by atoms with Crippen LogP contribution in [0.1, 0.15) is 35.1 Å². The maximum atomic E-state index is 4.96. The van der Waals surface area contributed by atoms with Gasteiger partial charge in [0.1, 0.15) is 5.82 Å². The topological polar surface area (TPSA) is 28.7 Å².